The molecule has 0 spiro atoms. The van der Waals surface area contributed by atoms with Gasteiger partial charge in [0.2, 0.25) is 0 Å². The summed E-state index contributed by atoms with van der Waals surface area (Å²) in [5.41, 5.74) is -0.657. The molecule has 0 saturated heterocycles. The predicted octanol–water partition coefficient (Wildman–Crippen LogP) is 3.63. The van der Waals surface area contributed by atoms with E-state index in [1.807, 2.05) is 0 Å². The van der Waals surface area contributed by atoms with Crippen LogP contribution in [0.4, 0.5) is 4.79 Å². The second kappa shape index (κ2) is 8.18. The third kappa shape index (κ3) is 6.71. The molecule has 76 valence electrons. The van der Waals surface area contributed by atoms with E-state index < -0.39 is 14.2 Å². The summed E-state index contributed by atoms with van der Waals surface area (Å²) in [6, 6.07) is 0. The van der Waals surface area contributed by atoms with Crippen molar-refractivity contribution in [3.8, 4) is 0 Å². The van der Waals surface area contributed by atoms with Crippen molar-refractivity contribution in [2.75, 3.05) is 6.61 Å². The minimum atomic E-state index is -0.657. The van der Waals surface area contributed by atoms with Crippen molar-refractivity contribution in [2.24, 2.45) is 5.92 Å². The van der Waals surface area contributed by atoms with Gasteiger partial charge in [-0.15, -0.1) is 0 Å². The molecule has 1 unspecified atom stereocenters. The molecule has 0 saturated carbocycles. The second-order valence-corrected chi connectivity index (χ2v) is 3.63. The number of hydrogen-bond donors (Lipinski definition) is 0. The van der Waals surface area contributed by atoms with Gasteiger partial charge >= 0.3 is 5.71 Å². The molecule has 0 aromatic carbocycles. The minimum absolute atomic E-state index is 0.407. The first-order valence-corrected chi connectivity index (χ1v) is 5.55. The molecule has 0 heterocycles. The molecule has 0 aliphatic carbocycles. The monoisotopic (exact) mass is 204 g/mol. The Morgan fingerprint density at radius 3 is 2.62 bits per heavy atom. The van der Waals surface area contributed by atoms with Crippen LogP contribution in [0.25, 0.3) is 0 Å². The summed E-state index contributed by atoms with van der Waals surface area (Å²) in [4.78, 5) is 10.6. The fourth-order valence-corrected chi connectivity index (χ4v) is 1.24. The second-order valence-electron chi connectivity index (χ2n) is 3.08. The smallest absolute Gasteiger partial charge is 0.398 e. The molecular weight excluding hydrogens is 187 g/mol. The van der Waals surface area contributed by atoms with Crippen LogP contribution >= 0.6 is 8.46 Å². The SMILES string of the molecule is CCCCC(CC)COC(=O)P=O. The molecule has 13 heavy (non-hydrogen) atoms. The van der Waals surface area contributed by atoms with E-state index >= 15 is 0 Å². The zero-order chi connectivity index (χ0) is 10.1. The van der Waals surface area contributed by atoms with E-state index in [4.69, 9.17) is 4.74 Å². The molecule has 1 atom stereocenters. The quantitative estimate of drug-likeness (QED) is 0.594. The highest BCUT2D eigenvalue weighted by atomic mass is 31.1. The van der Waals surface area contributed by atoms with Crippen LogP contribution in [0.5, 0.6) is 0 Å². The van der Waals surface area contributed by atoms with Crippen LogP contribution in [0.1, 0.15) is 39.5 Å². The zero-order valence-electron chi connectivity index (χ0n) is 8.28. The van der Waals surface area contributed by atoms with E-state index in [9.17, 15) is 9.36 Å². The lowest BCUT2D eigenvalue weighted by Gasteiger charge is -2.12. The molecule has 4 heteroatoms. The first-order chi connectivity index (χ1) is 6.24. The van der Waals surface area contributed by atoms with Crippen LogP contribution in [0.3, 0.4) is 0 Å². The summed E-state index contributed by atoms with van der Waals surface area (Å²) in [6.45, 7) is 4.61. The molecule has 0 fully saturated rings. The Balaban J connectivity index is 3.58. The lowest BCUT2D eigenvalue weighted by molar-refractivity contribution is 0.147. The summed E-state index contributed by atoms with van der Waals surface area (Å²) in [5, 5.41) is 0. The summed E-state index contributed by atoms with van der Waals surface area (Å²) < 4.78 is 14.8. The Labute approximate surface area is 81.1 Å². The third-order valence-electron chi connectivity index (χ3n) is 2.06. The predicted molar refractivity (Wildman–Crippen MR) is 52.3 cm³/mol. The van der Waals surface area contributed by atoms with E-state index in [0.717, 1.165) is 25.7 Å². The number of rotatable bonds is 7. The molecule has 0 N–H and O–H groups in total. The molecule has 0 aromatic rings. The van der Waals surface area contributed by atoms with E-state index in [-0.39, 0.29) is 0 Å². The number of unbranched alkanes of at least 4 members (excludes halogenated alkanes) is 1. The summed E-state index contributed by atoms with van der Waals surface area (Å²) in [5.74, 6) is 0.422. The van der Waals surface area contributed by atoms with Crippen molar-refractivity contribution >= 4 is 14.2 Å². The van der Waals surface area contributed by atoms with Gasteiger partial charge in [0.15, 0.2) is 0 Å². The van der Waals surface area contributed by atoms with Gasteiger partial charge in [-0.05, 0) is 12.3 Å². The van der Waals surface area contributed by atoms with Crippen molar-refractivity contribution in [1.29, 1.82) is 0 Å². The van der Waals surface area contributed by atoms with Gasteiger partial charge in [0.05, 0.1) is 6.61 Å². The Bertz CT molecular complexity index is 159. The van der Waals surface area contributed by atoms with Gasteiger partial charge in [-0.2, -0.15) is 0 Å². The maximum Gasteiger partial charge on any atom is 0.398 e. The fraction of sp³-hybridized carbons (Fsp3) is 0.889. The maximum atomic E-state index is 10.6. The van der Waals surface area contributed by atoms with Gasteiger partial charge < -0.3 is 4.74 Å². The van der Waals surface area contributed by atoms with Crippen molar-refractivity contribution in [2.45, 2.75) is 39.5 Å². The van der Waals surface area contributed by atoms with Crippen molar-refractivity contribution in [3.63, 3.8) is 0 Å². The topological polar surface area (TPSA) is 43.4 Å². The van der Waals surface area contributed by atoms with Gasteiger partial charge in [0.1, 0.15) is 0 Å². The molecule has 0 aromatic heterocycles. The Kier molecular flexibility index (Phi) is 7.91. The highest BCUT2D eigenvalue weighted by Crippen LogP contribution is 2.14. The average Bonchev–Trinajstić information content (AvgIpc) is 2.17. The lowest BCUT2D eigenvalue weighted by Crippen LogP contribution is -2.09. The maximum absolute atomic E-state index is 10.6. The Hall–Kier alpha value is -0.430. The van der Waals surface area contributed by atoms with Crippen LogP contribution in [0.2, 0.25) is 0 Å². The number of carbonyl (C=O) groups is 1. The van der Waals surface area contributed by atoms with E-state index in [1.54, 1.807) is 0 Å². The summed E-state index contributed by atoms with van der Waals surface area (Å²) in [6.07, 6.45) is 4.40. The largest absolute Gasteiger partial charge is 0.457 e. The first kappa shape index (κ1) is 12.6. The first-order valence-electron chi connectivity index (χ1n) is 4.74. The molecule has 0 aliphatic heterocycles. The molecular formula is C9H17O3P. The lowest BCUT2D eigenvalue weighted by atomic mass is 10.0. The Morgan fingerprint density at radius 1 is 1.46 bits per heavy atom. The number of carbonyl (C=O) groups excluding carboxylic acids is 1. The zero-order valence-corrected chi connectivity index (χ0v) is 9.18. The van der Waals surface area contributed by atoms with Crippen LogP contribution in [0, 0.1) is 5.92 Å². The van der Waals surface area contributed by atoms with Gasteiger partial charge in [-0.25, -0.2) is 4.79 Å². The van der Waals surface area contributed by atoms with Crippen LogP contribution in [0.15, 0.2) is 0 Å². The van der Waals surface area contributed by atoms with Crippen LogP contribution in [-0.4, -0.2) is 12.3 Å². The number of ether oxygens (including phenoxy) is 1. The van der Waals surface area contributed by atoms with Crippen molar-refractivity contribution in [3.05, 3.63) is 0 Å². The molecule has 0 rings (SSSR count). The molecule has 0 amide bonds. The Morgan fingerprint density at radius 2 is 2.15 bits per heavy atom. The normalized spacial score (nSPS) is 12.8. The standard InChI is InChI=1S/C9H17O3P/c1-3-5-6-8(4-2)7-12-9(10)13-11/h8H,3-7H2,1-2H3. The fourth-order valence-electron chi connectivity index (χ4n) is 1.11. The van der Waals surface area contributed by atoms with Crippen LogP contribution < -0.4 is 0 Å². The minimum Gasteiger partial charge on any atom is -0.457 e. The highest BCUT2D eigenvalue weighted by molar-refractivity contribution is 7.45. The van der Waals surface area contributed by atoms with Gasteiger partial charge in [-0.3, -0.25) is 4.57 Å². The van der Waals surface area contributed by atoms with Crippen molar-refractivity contribution in [1.82, 2.24) is 0 Å². The highest BCUT2D eigenvalue weighted by Gasteiger charge is 2.09. The van der Waals surface area contributed by atoms with Gasteiger partial charge in [0.25, 0.3) is 8.46 Å². The van der Waals surface area contributed by atoms with E-state index in [1.165, 1.54) is 0 Å². The molecule has 0 radical (unpaired) electrons. The molecule has 3 nitrogen and oxygen atoms in total. The average molecular weight is 204 g/mol. The van der Waals surface area contributed by atoms with Crippen LogP contribution in [-0.2, 0) is 9.30 Å². The summed E-state index contributed by atoms with van der Waals surface area (Å²) >= 11 is 0. The van der Waals surface area contributed by atoms with Gasteiger partial charge in [0, 0.05) is 0 Å². The van der Waals surface area contributed by atoms with Crippen molar-refractivity contribution < 1.29 is 14.1 Å². The van der Waals surface area contributed by atoms with E-state index in [0.29, 0.717) is 12.5 Å². The number of hydrogen-bond acceptors (Lipinski definition) is 3. The molecule has 0 aliphatic rings. The summed E-state index contributed by atoms with van der Waals surface area (Å²) in [7, 11) is -0.543. The van der Waals surface area contributed by atoms with E-state index in [2.05, 4.69) is 13.8 Å². The van der Waals surface area contributed by atoms with Gasteiger partial charge in [-0.1, -0.05) is 33.1 Å². The molecule has 0 bridgehead atoms. The third-order valence-corrected chi connectivity index (χ3v) is 2.34.